The minimum absolute atomic E-state index is 0.0494. The summed E-state index contributed by atoms with van der Waals surface area (Å²) in [6.45, 7) is 3.05. The van der Waals surface area contributed by atoms with Crippen molar-refractivity contribution in [2.75, 3.05) is 29.1 Å². The van der Waals surface area contributed by atoms with Crippen LogP contribution in [0.4, 0.5) is 11.4 Å². The first kappa shape index (κ1) is 29.7. The van der Waals surface area contributed by atoms with Crippen LogP contribution in [0.3, 0.4) is 0 Å². The van der Waals surface area contributed by atoms with E-state index in [2.05, 4.69) is 16.7 Å². The average molecular weight is 592 g/mol. The first-order chi connectivity index (χ1) is 21.0. The molecule has 0 bridgehead atoms. The van der Waals surface area contributed by atoms with E-state index >= 15 is 0 Å². The number of fused-ring (bicyclic) bond motifs is 1. The van der Waals surface area contributed by atoms with Crippen LogP contribution in [0.25, 0.3) is 6.08 Å². The van der Waals surface area contributed by atoms with Gasteiger partial charge in [0.25, 0.3) is 11.8 Å². The van der Waals surface area contributed by atoms with Gasteiger partial charge in [0.15, 0.2) is 0 Å². The Morgan fingerprint density at radius 2 is 1.67 bits per heavy atom. The molecule has 1 aliphatic heterocycles. The van der Waals surface area contributed by atoms with E-state index in [0.717, 1.165) is 23.4 Å². The molecule has 0 aliphatic carbocycles. The average Bonchev–Trinajstić information content (AvgIpc) is 3.04. The van der Waals surface area contributed by atoms with Gasteiger partial charge in [0, 0.05) is 33.9 Å². The van der Waals surface area contributed by atoms with Crippen LogP contribution in [0.2, 0.25) is 0 Å². The predicted octanol–water partition coefficient (Wildman–Crippen LogP) is 6.57. The van der Waals surface area contributed by atoms with Crippen molar-refractivity contribution in [1.82, 2.24) is 5.32 Å². The van der Waals surface area contributed by atoms with Crippen molar-refractivity contribution in [2.24, 2.45) is 0 Å². The van der Waals surface area contributed by atoms with Crippen LogP contribution >= 0.6 is 11.8 Å². The van der Waals surface area contributed by atoms with Gasteiger partial charge in [-0.25, -0.2) is 0 Å². The summed E-state index contributed by atoms with van der Waals surface area (Å²) >= 11 is 1.42. The summed E-state index contributed by atoms with van der Waals surface area (Å²) in [5, 5.41) is 5.67. The number of hydrogen-bond donors (Lipinski definition) is 2. The molecule has 1 aliphatic rings. The molecule has 0 spiro atoms. The van der Waals surface area contributed by atoms with E-state index in [4.69, 9.17) is 4.74 Å². The Balaban J connectivity index is 1.31. The highest BCUT2D eigenvalue weighted by Crippen LogP contribution is 2.29. The van der Waals surface area contributed by atoms with Crippen molar-refractivity contribution >= 4 is 46.9 Å². The van der Waals surface area contributed by atoms with Gasteiger partial charge >= 0.3 is 0 Å². The fourth-order valence-corrected chi connectivity index (χ4v) is 5.69. The highest BCUT2D eigenvalue weighted by Gasteiger charge is 2.22. The Kier molecular flexibility index (Phi) is 9.92. The van der Waals surface area contributed by atoms with E-state index in [1.807, 2.05) is 78.6 Å². The fourth-order valence-electron chi connectivity index (χ4n) is 4.86. The van der Waals surface area contributed by atoms with Crippen LogP contribution in [0.15, 0.2) is 114 Å². The standard InChI is InChI=1S/C35H33N3O4S/c1-2-42-32-20-9-7-15-27(32)22-30(37-34(40)26-13-4-3-5-14-26)35(41)36-28-17-10-18-29(23-28)43-24-33(39)38-21-11-16-25-12-6-8-19-31(25)38/h3-10,12-15,17-20,22-23H,2,11,16,21,24H2,1H3,(H,36,41)(H,37,40)/b30-22-. The number of benzene rings is 4. The second kappa shape index (κ2) is 14.4. The molecular weight excluding hydrogens is 558 g/mol. The maximum absolute atomic E-state index is 13.6. The predicted molar refractivity (Wildman–Crippen MR) is 172 cm³/mol. The molecule has 0 unspecified atom stereocenters. The number of carbonyl (C=O) groups is 3. The normalized spacial score (nSPS) is 12.7. The highest BCUT2D eigenvalue weighted by atomic mass is 32.2. The summed E-state index contributed by atoms with van der Waals surface area (Å²) in [5.74, 6) is 0.0342. The van der Waals surface area contributed by atoms with Crippen molar-refractivity contribution in [3.05, 3.63) is 126 Å². The fraction of sp³-hybridized carbons (Fsp3) is 0.171. The molecule has 0 aromatic heterocycles. The SMILES string of the molecule is CCOc1ccccc1/C=C(\NC(=O)c1ccccc1)C(=O)Nc1cccc(SCC(=O)N2CCCc3ccccc32)c1. The molecule has 8 heteroatoms. The number of nitrogens with one attached hydrogen (secondary N) is 2. The van der Waals surface area contributed by atoms with E-state index in [1.165, 1.54) is 17.3 Å². The molecule has 7 nitrogen and oxygen atoms in total. The van der Waals surface area contributed by atoms with E-state index in [1.54, 1.807) is 36.4 Å². The van der Waals surface area contributed by atoms with Gasteiger partial charge in [-0.2, -0.15) is 0 Å². The lowest BCUT2D eigenvalue weighted by Gasteiger charge is -2.29. The van der Waals surface area contributed by atoms with Crippen LogP contribution in [-0.2, 0) is 16.0 Å². The molecule has 0 atom stereocenters. The van der Waals surface area contributed by atoms with Crippen LogP contribution < -0.4 is 20.3 Å². The molecule has 0 radical (unpaired) electrons. The van der Waals surface area contributed by atoms with Gasteiger partial charge in [-0.1, -0.05) is 60.7 Å². The smallest absolute Gasteiger partial charge is 0.272 e. The van der Waals surface area contributed by atoms with Crippen molar-refractivity contribution in [2.45, 2.75) is 24.7 Å². The van der Waals surface area contributed by atoms with Gasteiger partial charge in [0.1, 0.15) is 11.4 Å². The van der Waals surface area contributed by atoms with Crippen LogP contribution in [0, 0.1) is 0 Å². The number of carbonyl (C=O) groups excluding carboxylic acids is 3. The molecule has 2 N–H and O–H groups in total. The summed E-state index contributed by atoms with van der Waals surface area (Å²) in [5.41, 5.74) is 3.89. The summed E-state index contributed by atoms with van der Waals surface area (Å²) in [7, 11) is 0. The Morgan fingerprint density at radius 3 is 2.51 bits per heavy atom. The molecule has 1 heterocycles. The lowest BCUT2D eigenvalue weighted by Crippen LogP contribution is -2.36. The summed E-state index contributed by atoms with van der Waals surface area (Å²) in [6.07, 6.45) is 3.53. The molecule has 0 fully saturated rings. The van der Waals surface area contributed by atoms with Crippen LogP contribution in [0.5, 0.6) is 5.75 Å². The van der Waals surface area contributed by atoms with Gasteiger partial charge in [0.2, 0.25) is 5.91 Å². The zero-order valence-electron chi connectivity index (χ0n) is 23.9. The van der Waals surface area contributed by atoms with E-state index < -0.39 is 11.8 Å². The first-order valence-electron chi connectivity index (χ1n) is 14.2. The number of ether oxygens (including phenoxy) is 1. The lowest BCUT2D eigenvalue weighted by atomic mass is 10.0. The highest BCUT2D eigenvalue weighted by molar-refractivity contribution is 8.00. The third-order valence-corrected chi connectivity index (χ3v) is 7.89. The van der Waals surface area contributed by atoms with Gasteiger partial charge in [-0.05, 0) is 73.9 Å². The molecule has 0 saturated heterocycles. The topological polar surface area (TPSA) is 87.7 Å². The van der Waals surface area contributed by atoms with Crippen molar-refractivity contribution in [3.63, 3.8) is 0 Å². The number of anilines is 2. The zero-order valence-corrected chi connectivity index (χ0v) is 24.7. The number of aryl methyl sites for hydroxylation is 1. The van der Waals surface area contributed by atoms with E-state index in [0.29, 0.717) is 35.7 Å². The number of rotatable bonds is 10. The van der Waals surface area contributed by atoms with E-state index in [9.17, 15) is 14.4 Å². The third-order valence-electron chi connectivity index (χ3n) is 6.91. The van der Waals surface area contributed by atoms with Crippen molar-refractivity contribution in [1.29, 1.82) is 0 Å². The second-order valence-electron chi connectivity index (χ2n) is 9.90. The Morgan fingerprint density at radius 1 is 0.907 bits per heavy atom. The van der Waals surface area contributed by atoms with Crippen molar-refractivity contribution < 1.29 is 19.1 Å². The second-order valence-corrected chi connectivity index (χ2v) is 10.9. The summed E-state index contributed by atoms with van der Waals surface area (Å²) in [4.78, 5) is 42.4. The van der Waals surface area contributed by atoms with Crippen LogP contribution in [0.1, 0.15) is 34.8 Å². The minimum atomic E-state index is -0.487. The van der Waals surface area contributed by atoms with Gasteiger partial charge in [-0.15, -0.1) is 11.8 Å². The largest absolute Gasteiger partial charge is 0.493 e. The Hall–Kier alpha value is -4.82. The van der Waals surface area contributed by atoms with E-state index in [-0.39, 0.29) is 17.4 Å². The molecule has 43 heavy (non-hydrogen) atoms. The molecule has 4 aromatic rings. The first-order valence-corrected chi connectivity index (χ1v) is 15.2. The lowest BCUT2D eigenvalue weighted by molar-refractivity contribution is -0.116. The monoisotopic (exact) mass is 591 g/mol. The molecule has 0 saturated carbocycles. The Bertz CT molecular complexity index is 1640. The van der Waals surface area contributed by atoms with Crippen LogP contribution in [-0.4, -0.2) is 36.6 Å². The molecular formula is C35H33N3O4S. The Labute approximate surface area is 256 Å². The molecule has 218 valence electrons. The van der Waals surface area contributed by atoms with Gasteiger partial charge in [-0.3, -0.25) is 14.4 Å². The minimum Gasteiger partial charge on any atom is -0.493 e. The molecule has 4 aromatic carbocycles. The maximum atomic E-state index is 13.6. The maximum Gasteiger partial charge on any atom is 0.272 e. The number of nitrogens with zero attached hydrogens (tertiary/aromatic N) is 1. The number of hydrogen-bond acceptors (Lipinski definition) is 5. The van der Waals surface area contributed by atoms with Gasteiger partial charge in [0.05, 0.1) is 12.4 Å². The van der Waals surface area contributed by atoms with Gasteiger partial charge < -0.3 is 20.3 Å². The number of thioether (sulfide) groups is 1. The molecule has 5 rings (SSSR count). The zero-order chi connectivity index (χ0) is 30.0. The summed E-state index contributed by atoms with van der Waals surface area (Å²) in [6, 6.07) is 31.4. The molecule has 3 amide bonds. The van der Waals surface area contributed by atoms with Crippen molar-refractivity contribution in [3.8, 4) is 5.75 Å². The number of para-hydroxylation sites is 2. The quantitative estimate of drug-likeness (QED) is 0.161. The third kappa shape index (κ3) is 7.72. The summed E-state index contributed by atoms with van der Waals surface area (Å²) < 4.78 is 5.73. The number of amides is 3.